The quantitative estimate of drug-likeness (QED) is 0.461. The average Bonchev–Trinajstić information content (AvgIpc) is 2.59. The summed E-state index contributed by atoms with van der Waals surface area (Å²) >= 11 is 5.82. The van der Waals surface area contributed by atoms with Crippen LogP contribution in [0.2, 0.25) is 0 Å². The molecular weight excluding hydrogens is 349 g/mol. The van der Waals surface area contributed by atoms with E-state index >= 15 is 0 Å². The third-order valence-corrected chi connectivity index (χ3v) is 4.39. The first-order valence-electron chi connectivity index (χ1n) is 6.99. The Morgan fingerprint density at radius 3 is 2.33 bits per heavy atom. The van der Waals surface area contributed by atoms with Gasteiger partial charge in [-0.3, -0.25) is 0 Å². The summed E-state index contributed by atoms with van der Waals surface area (Å²) in [5.74, 6) is 1.68. The highest BCUT2D eigenvalue weighted by molar-refractivity contribution is 7.84. The standard InChI is InChI=1S/C17H15ClNO4P/c1-2-16(17(20)22-13-14-9-5-3-6-10-14)19-24(18,21)23-15-11-7-4-8-12-15/h1,3-12,16H,13H2,(H,19,21)/t16-,24?/m0/s1. The summed E-state index contributed by atoms with van der Waals surface area (Å²) in [6.07, 6.45) is 5.29. The van der Waals surface area contributed by atoms with E-state index in [1.807, 2.05) is 18.2 Å². The van der Waals surface area contributed by atoms with Gasteiger partial charge in [-0.15, -0.1) is 6.42 Å². The highest BCUT2D eigenvalue weighted by Gasteiger charge is 2.29. The fourth-order valence-corrected chi connectivity index (χ4v) is 3.23. The van der Waals surface area contributed by atoms with Crippen molar-refractivity contribution in [2.24, 2.45) is 0 Å². The number of hydrogen-bond donors (Lipinski definition) is 1. The normalized spacial score (nSPS) is 14.0. The summed E-state index contributed by atoms with van der Waals surface area (Å²) in [5.41, 5.74) is 0.802. The molecule has 1 unspecified atom stereocenters. The maximum atomic E-state index is 12.3. The van der Waals surface area contributed by atoms with Crippen LogP contribution in [0.15, 0.2) is 60.7 Å². The Bertz CT molecular complexity index is 761. The van der Waals surface area contributed by atoms with Crippen molar-refractivity contribution in [1.29, 1.82) is 0 Å². The molecule has 2 aromatic carbocycles. The average molecular weight is 364 g/mol. The minimum Gasteiger partial charge on any atom is -0.459 e. The van der Waals surface area contributed by atoms with Crippen molar-refractivity contribution in [3.8, 4) is 18.1 Å². The maximum absolute atomic E-state index is 12.3. The Morgan fingerprint density at radius 2 is 1.75 bits per heavy atom. The molecule has 0 saturated heterocycles. The van der Waals surface area contributed by atoms with Gasteiger partial charge in [0.05, 0.1) is 0 Å². The molecule has 7 heteroatoms. The van der Waals surface area contributed by atoms with Crippen LogP contribution in [0, 0.1) is 12.3 Å². The van der Waals surface area contributed by atoms with E-state index in [0.29, 0.717) is 0 Å². The van der Waals surface area contributed by atoms with Crippen molar-refractivity contribution in [3.63, 3.8) is 0 Å². The van der Waals surface area contributed by atoms with E-state index in [-0.39, 0.29) is 12.4 Å². The zero-order valence-electron chi connectivity index (χ0n) is 12.6. The van der Waals surface area contributed by atoms with Crippen molar-refractivity contribution in [1.82, 2.24) is 5.09 Å². The van der Waals surface area contributed by atoms with Gasteiger partial charge >= 0.3 is 12.8 Å². The lowest BCUT2D eigenvalue weighted by Crippen LogP contribution is -2.34. The van der Waals surface area contributed by atoms with Gasteiger partial charge < -0.3 is 9.26 Å². The number of ether oxygens (including phenoxy) is 1. The Kier molecular flexibility index (Phi) is 6.45. The van der Waals surface area contributed by atoms with Crippen LogP contribution in [0.25, 0.3) is 0 Å². The van der Waals surface area contributed by atoms with E-state index < -0.39 is 18.9 Å². The number of carbonyl (C=O) groups excluding carboxylic acids is 1. The molecule has 0 amide bonds. The second-order valence-electron chi connectivity index (χ2n) is 4.71. The molecular formula is C17H15ClNO4P. The first-order valence-corrected chi connectivity index (χ1v) is 9.52. The van der Waals surface area contributed by atoms with Crippen LogP contribution in [0.5, 0.6) is 5.75 Å². The van der Waals surface area contributed by atoms with E-state index in [0.717, 1.165) is 5.56 Å². The molecule has 0 aliphatic heterocycles. The second-order valence-corrected chi connectivity index (χ2v) is 7.44. The molecule has 2 aromatic rings. The van der Waals surface area contributed by atoms with Crippen molar-refractivity contribution < 1.29 is 18.6 Å². The summed E-state index contributed by atoms with van der Waals surface area (Å²) in [6.45, 7) is -3.81. The number of carbonyl (C=O) groups is 1. The van der Waals surface area contributed by atoms with Gasteiger partial charge in [-0.25, -0.2) is 9.36 Å². The van der Waals surface area contributed by atoms with E-state index in [2.05, 4.69) is 11.0 Å². The van der Waals surface area contributed by atoms with Crippen molar-refractivity contribution in [3.05, 3.63) is 66.2 Å². The fourth-order valence-electron chi connectivity index (χ4n) is 1.77. The molecule has 0 bridgehead atoms. The fraction of sp³-hybridized carbons (Fsp3) is 0.118. The summed E-state index contributed by atoms with van der Waals surface area (Å²) in [5, 5.41) is 2.32. The topological polar surface area (TPSA) is 64.6 Å². The summed E-state index contributed by atoms with van der Waals surface area (Å²) in [7, 11) is 0. The highest BCUT2D eigenvalue weighted by Crippen LogP contribution is 2.48. The number of terminal acetylenes is 1. The Labute approximate surface area is 145 Å². The lowest BCUT2D eigenvalue weighted by atomic mass is 10.2. The van der Waals surface area contributed by atoms with Crippen LogP contribution in [0.1, 0.15) is 5.56 Å². The monoisotopic (exact) mass is 363 g/mol. The second kappa shape index (κ2) is 8.56. The van der Waals surface area contributed by atoms with Crippen LogP contribution in [0.4, 0.5) is 0 Å². The van der Waals surface area contributed by atoms with Crippen molar-refractivity contribution in [2.75, 3.05) is 0 Å². The molecule has 0 spiro atoms. The van der Waals surface area contributed by atoms with Crippen molar-refractivity contribution >= 4 is 24.1 Å². The molecule has 1 N–H and O–H groups in total. The zero-order chi connectivity index (χ0) is 17.4. The molecule has 0 saturated carbocycles. The molecule has 0 aromatic heterocycles. The van der Waals surface area contributed by atoms with Gasteiger partial charge in [-0.05, 0) is 17.7 Å². The third kappa shape index (κ3) is 5.75. The smallest absolute Gasteiger partial charge is 0.410 e. The van der Waals surface area contributed by atoms with Crippen LogP contribution < -0.4 is 9.61 Å². The highest BCUT2D eigenvalue weighted by atomic mass is 35.7. The lowest BCUT2D eigenvalue weighted by molar-refractivity contribution is -0.145. The number of rotatable bonds is 7. The first-order chi connectivity index (χ1) is 11.5. The molecule has 0 aliphatic rings. The van der Waals surface area contributed by atoms with E-state index in [1.165, 1.54) is 0 Å². The van der Waals surface area contributed by atoms with E-state index in [4.69, 9.17) is 26.9 Å². The summed E-state index contributed by atoms with van der Waals surface area (Å²) in [4.78, 5) is 12.0. The summed E-state index contributed by atoms with van der Waals surface area (Å²) in [6, 6.07) is 16.1. The van der Waals surface area contributed by atoms with Gasteiger partial charge in [-0.2, -0.15) is 5.09 Å². The first kappa shape index (κ1) is 18.1. The molecule has 0 fully saturated rings. The number of halogens is 1. The molecule has 5 nitrogen and oxygen atoms in total. The predicted molar refractivity (Wildman–Crippen MR) is 92.5 cm³/mol. The van der Waals surface area contributed by atoms with Crippen LogP contribution in [-0.2, 0) is 20.7 Å². The van der Waals surface area contributed by atoms with E-state index in [9.17, 15) is 9.36 Å². The number of benzene rings is 2. The molecule has 24 heavy (non-hydrogen) atoms. The maximum Gasteiger partial charge on any atom is 0.410 e. The third-order valence-electron chi connectivity index (χ3n) is 2.88. The molecule has 2 atom stereocenters. The molecule has 0 radical (unpaired) electrons. The Balaban J connectivity index is 1.94. The summed E-state index contributed by atoms with van der Waals surface area (Å²) < 4.78 is 22.5. The number of nitrogens with one attached hydrogen (secondary N) is 1. The van der Waals surface area contributed by atoms with Crippen molar-refractivity contribution in [2.45, 2.75) is 12.6 Å². The zero-order valence-corrected chi connectivity index (χ0v) is 14.2. The van der Waals surface area contributed by atoms with Gasteiger partial charge in [0.15, 0.2) is 6.04 Å². The van der Waals surface area contributed by atoms with Gasteiger partial charge in [0.2, 0.25) is 0 Å². The molecule has 124 valence electrons. The van der Waals surface area contributed by atoms with Crippen LogP contribution in [-0.4, -0.2) is 12.0 Å². The predicted octanol–water partition coefficient (Wildman–Crippen LogP) is 3.75. The van der Waals surface area contributed by atoms with Crippen LogP contribution >= 0.6 is 18.1 Å². The molecule has 0 aliphatic carbocycles. The number of para-hydroxylation sites is 1. The van der Waals surface area contributed by atoms with Gasteiger partial charge in [0, 0.05) is 11.2 Å². The Hall–Kier alpha value is -2.25. The van der Waals surface area contributed by atoms with E-state index in [1.54, 1.807) is 42.5 Å². The molecule has 2 rings (SSSR count). The SMILES string of the molecule is C#C[C@H](NP(=O)(Cl)Oc1ccccc1)C(=O)OCc1ccccc1. The number of hydrogen-bond acceptors (Lipinski definition) is 4. The largest absolute Gasteiger partial charge is 0.459 e. The van der Waals surface area contributed by atoms with Gasteiger partial charge in [0.1, 0.15) is 12.4 Å². The molecule has 0 heterocycles. The lowest BCUT2D eigenvalue weighted by Gasteiger charge is -2.17. The van der Waals surface area contributed by atoms with Gasteiger partial charge in [0.25, 0.3) is 0 Å². The Morgan fingerprint density at radius 1 is 1.17 bits per heavy atom. The minimum absolute atomic E-state index is 0.0473. The minimum atomic E-state index is -3.86. The van der Waals surface area contributed by atoms with Gasteiger partial charge in [-0.1, -0.05) is 54.5 Å². The van der Waals surface area contributed by atoms with Crippen LogP contribution in [0.3, 0.4) is 0 Å². The number of esters is 1.